The molecule has 0 radical (unpaired) electrons. The van der Waals surface area contributed by atoms with Crippen LogP contribution in [0, 0.1) is 0 Å². The summed E-state index contributed by atoms with van der Waals surface area (Å²) in [4.78, 5) is 29.1. The number of rotatable bonds is 9. The maximum atomic E-state index is 12.6. The van der Waals surface area contributed by atoms with E-state index in [1.54, 1.807) is 31.2 Å². The first-order valence-corrected chi connectivity index (χ1v) is 11.5. The summed E-state index contributed by atoms with van der Waals surface area (Å²) in [5.41, 5.74) is 7.78. The van der Waals surface area contributed by atoms with Crippen LogP contribution in [0.2, 0.25) is 10.0 Å². The van der Waals surface area contributed by atoms with Gasteiger partial charge in [0.1, 0.15) is 6.04 Å². The first-order valence-electron chi connectivity index (χ1n) is 10.8. The van der Waals surface area contributed by atoms with Crippen LogP contribution in [0.5, 0.6) is 0 Å². The second-order valence-corrected chi connectivity index (χ2v) is 9.22. The molecule has 3 aromatic rings. The summed E-state index contributed by atoms with van der Waals surface area (Å²) in [6.07, 6.45) is 2.30. The van der Waals surface area contributed by atoms with Gasteiger partial charge in [-0.1, -0.05) is 61.2 Å². The van der Waals surface area contributed by atoms with Crippen LogP contribution in [0.25, 0.3) is 22.2 Å². The Hall–Kier alpha value is -2.67. The summed E-state index contributed by atoms with van der Waals surface area (Å²) in [7, 11) is 0. The average molecular weight is 488 g/mol. The van der Waals surface area contributed by atoms with Gasteiger partial charge in [-0.25, -0.2) is 9.78 Å². The molecule has 1 aromatic heterocycles. The van der Waals surface area contributed by atoms with Crippen LogP contribution in [0.4, 0.5) is 0 Å². The van der Waals surface area contributed by atoms with E-state index in [9.17, 15) is 14.7 Å². The second kappa shape index (κ2) is 10.5. The van der Waals surface area contributed by atoms with Gasteiger partial charge >= 0.3 is 5.97 Å². The van der Waals surface area contributed by atoms with Crippen LogP contribution in [0.1, 0.15) is 38.7 Å². The minimum Gasteiger partial charge on any atom is -0.480 e. The van der Waals surface area contributed by atoms with Crippen molar-refractivity contribution in [2.75, 3.05) is 0 Å². The molecule has 8 heteroatoms. The molecule has 6 nitrogen and oxygen atoms in total. The Morgan fingerprint density at radius 2 is 1.85 bits per heavy atom. The molecule has 0 fully saturated rings. The number of hydrogen-bond acceptors (Lipinski definition) is 4. The molecule has 0 aliphatic heterocycles. The van der Waals surface area contributed by atoms with E-state index in [4.69, 9.17) is 28.9 Å². The Morgan fingerprint density at radius 1 is 1.15 bits per heavy atom. The number of carbonyl (C=O) groups is 2. The normalized spacial score (nSPS) is 14.0. The molecule has 0 aliphatic carbocycles. The molecule has 0 spiro atoms. The number of unbranched alkanes of at least 4 members (excludes halogenated alkanes) is 1. The Kier molecular flexibility index (Phi) is 7.95. The van der Waals surface area contributed by atoms with Gasteiger partial charge in [0.2, 0.25) is 5.91 Å². The van der Waals surface area contributed by atoms with Crippen molar-refractivity contribution in [3.63, 3.8) is 0 Å². The fraction of sp³-hybridized carbons (Fsp3) is 0.320. The third-order valence-corrected chi connectivity index (χ3v) is 6.21. The smallest absolute Gasteiger partial charge is 0.326 e. The van der Waals surface area contributed by atoms with E-state index in [0.29, 0.717) is 27.7 Å². The molecular weight excluding hydrogens is 461 g/mol. The van der Waals surface area contributed by atoms with Crippen LogP contribution in [-0.4, -0.2) is 33.5 Å². The van der Waals surface area contributed by atoms with Crippen LogP contribution < -0.4 is 11.1 Å². The molecule has 4 N–H and O–H groups in total. The first-order chi connectivity index (χ1) is 15.6. The Labute approximate surface area is 203 Å². The molecule has 2 atom stereocenters. The number of hydrogen-bond donors (Lipinski definition) is 3. The third-order valence-electron chi connectivity index (χ3n) is 5.58. The Balaban J connectivity index is 1.81. The number of fused-ring (bicyclic) bond motifs is 1. The van der Waals surface area contributed by atoms with Crippen LogP contribution in [0.15, 0.2) is 48.5 Å². The number of nitrogens with two attached hydrogens (primary N) is 1. The number of benzene rings is 2. The Bertz CT molecular complexity index is 1160. The minimum absolute atomic E-state index is 0.124. The lowest BCUT2D eigenvalue weighted by molar-refractivity contribution is -0.142. The largest absolute Gasteiger partial charge is 0.480 e. The van der Waals surface area contributed by atoms with E-state index in [1.807, 2.05) is 31.2 Å². The number of pyridine rings is 1. The monoisotopic (exact) mass is 487 g/mol. The minimum atomic E-state index is -1.12. The number of halogens is 2. The average Bonchev–Trinajstić information content (AvgIpc) is 2.77. The maximum Gasteiger partial charge on any atom is 0.326 e. The Morgan fingerprint density at radius 3 is 2.48 bits per heavy atom. The summed E-state index contributed by atoms with van der Waals surface area (Å²) >= 11 is 12.6. The van der Waals surface area contributed by atoms with E-state index in [1.165, 1.54) is 0 Å². The predicted octanol–water partition coefficient (Wildman–Crippen LogP) is 5.23. The number of carboxylic acid groups (broad SMARTS) is 1. The lowest BCUT2D eigenvalue weighted by Gasteiger charge is -2.26. The topological polar surface area (TPSA) is 105 Å². The van der Waals surface area contributed by atoms with E-state index >= 15 is 0 Å². The molecule has 1 heterocycles. The quantitative estimate of drug-likeness (QED) is 0.383. The van der Waals surface area contributed by atoms with Crippen molar-refractivity contribution in [2.45, 2.75) is 51.1 Å². The summed E-state index contributed by atoms with van der Waals surface area (Å²) in [5.74, 6) is -1.58. The fourth-order valence-corrected chi connectivity index (χ4v) is 4.19. The van der Waals surface area contributed by atoms with Gasteiger partial charge in [-0.3, -0.25) is 4.79 Å². The van der Waals surface area contributed by atoms with Crippen molar-refractivity contribution < 1.29 is 14.7 Å². The van der Waals surface area contributed by atoms with Crippen molar-refractivity contribution in [3.05, 3.63) is 64.1 Å². The van der Waals surface area contributed by atoms with Crippen molar-refractivity contribution in [1.82, 2.24) is 10.3 Å². The van der Waals surface area contributed by atoms with Gasteiger partial charge in [-0.05, 0) is 49.2 Å². The van der Waals surface area contributed by atoms with Crippen molar-refractivity contribution in [3.8, 4) is 11.3 Å². The van der Waals surface area contributed by atoms with Crippen molar-refractivity contribution >= 4 is 46.0 Å². The van der Waals surface area contributed by atoms with E-state index < -0.39 is 23.5 Å². The molecule has 1 amide bonds. The molecule has 2 aromatic carbocycles. The highest BCUT2D eigenvalue weighted by Crippen LogP contribution is 2.34. The maximum absolute atomic E-state index is 12.6. The van der Waals surface area contributed by atoms with Crippen LogP contribution >= 0.6 is 23.2 Å². The van der Waals surface area contributed by atoms with Gasteiger partial charge < -0.3 is 16.2 Å². The molecule has 0 saturated carbocycles. The predicted molar refractivity (Wildman–Crippen MR) is 133 cm³/mol. The van der Waals surface area contributed by atoms with Crippen LogP contribution in [0.3, 0.4) is 0 Å². The number of aromatic nitrogens is 1. The second-order valence-electron chi connectivity index (χ2n) is 8.41. The summed E-state index contributed by atoms with van der Waals surface area (Å²) in [6, 6.07) is 13.4. The lowest BCUT2D eigenvalue weighted by Crippen LogP contribution is -2.56. The number of carboxylic acids is 1. The van der Waals surface area contributed by atoms with Gasteiger partial charge in [-0.15, -0.1) is 0 Å². The zero-order chi connectivity index (χ0) is 24.2. The van der Waals surface area contributed by atoms with Gasteiger partial charge in [0, 0.05) is 17.4 Å². The molecular formula is C25H27Cl2N3O3. The summed E-state index contributed by atoms with van der Waals surface area (Å²) < 4.78 is 0. The first kappa shape index (κ1) is 25.0. The zero-order valence-electron chi connectivity index (χ0n) is 18.6. The molecule has 33 heavy (non-hydrogen) atoms. The lowest BCUT2D eigenvalue weighted by atomic mass is 9.94. The number of aliphatic carboxylic acids is 1. The molecule has 2 unspecified atom stereocenters. The summed E-state index contributed by atoms with van der Waals surface area (Å²) in [5, 5.41) is 14.1. The number of nitrogens with one attached hydrogen (secondary N) is 1. The van der Waals surface area contributed by atoms with E-state index in [0.717, 1.165) is 29.3 Å². The fourth-order valence-electron chi connectivity index (χ4n) is 3.60. The SMILES string of the molecule is CCCCC(C)(N)C(=O)NC(Cc1ccc2nc(-c3c(Cl)cccc3Cl)ccc2c1)C(=O)O. The molecule has 0 saturated heterocycles. The van der Waals surface area contributed by atoms with Gasteiger partial charge in [0.25, 0.3) is 0 Å². The van der Waals surface area contributed by atoms with E-state index in [-0.39, 0.29) is 6.42 Å². The summed E-state index contributed by atoms with van der Waals surface area (Å²) in [6.45, 7) is 3.63. The number of carbonyl (C=O) groups excluding carboxylic acids is 1. The zero-order valence-corrected chi connectivity index (χ0v) is 20.1. The van der Waals surface area contributed by atoms with Gasteiger partial charge in [-0.2, -0.15) is 0 Å². The highest BCUT2D eigenvalue weighted by Gasteiger charge is 2.31. The third kappa shape index (κ3) is 6.02. The highest BCUT2D eigenvalue weighted by molar-refractivity contribution is 6.39. The number of nitrogens with zero attached hydrogens (tertiary/aromatic N) is 1. The van der Waals surface area contributed by atoms with Crippen molar-refractivity contribution in [1.29, 1.82) is 0 Å². The van der Waals surface area contributed by atoms with Crippen LogP contribution in [-0.2, 0) is 16.0 Å². The highest BCUT2D eigenvalue weighted by atomic mass is 35.5. The van der Waals surface area contributed by atoms with Gasteiger partial charge in [0.05, 0.1) is 26.8 Å². The standard InChI is InChI=1S/C25H27Cl2N3O3/c1-3-4-12-25(2,28)24(33)30-21(23(31)32)14-15-8-10-19-16(13-15)9-11-20(29-19)22-17(26)6-5-7-18(22)27/h5-11,13,21H,3-4,12,14,28H2,1-2H3,(H,30,33)(H,31,32). The number of amides is 1. The van der Waals surface area contributed by atoms with E-state index in [2.05, 4.69) is 10.3 Å². The molecule has 3 rings (SSSR count). The molecule has 0 aliphatic rings. The van der Waals surface area contributed by atoms with Crippen molar-refractivity contribution in [2.24, 2.45) is 5.73 Å². The van der Waals surface area contributed by atoms with Gasteiger partial charge in [0.15, 0.2) is 0 Å². The molecule has 174 valence electrons. The molecule has 0 bridgehead atoms.